The molecule has 7 heteroatoms. The third-order valence-corrected chi connectivity index (χ3v) is 3.68. The van der Waals surface area contributed by atoms with E-state index in [0.717, 1.165) is 4.47 Å². The van der Waals surface area contributed by atoms with Crippen LogP contribution < -0.4 is 5.43 Å². The number of phenolic OH excluding ortho intramolecular Hbond substituents is 2. The number of hydrazone groups is 1. The Bertz CT molecular complexity index is 717. The van der Waals surface area contributed by atoms with Gasteiger partial charge in [-0.1, -0.05) is 22.0 Å². The molecule has 2 rings (SSSR count). The monoisotopic (exact) mass is 412 g/mol. The summed E-state index contributed by atoms with van der Waals surface area (Å²) in [5.74, 6) is -0.594. The number of carbonyl (C=O) groups is 1. The van der Waals surface area contributed by atoms with Crippen LogP contribution in [0.2, 0.25) is 0 Å². The van der Waals surface area contributed by atoms with Crippen molar-refractivity contribution in [2.45, 2.75) is 0 Å². The van der Waals surface area contributed by atoms with Crippen LogP contribution >= 0.6 is 31.9 Å². The van der Waals surface area contributed by atoms with Crippen LogP contribution in [-0.4, -0.2) is 22.3 Å². The first-order valence-electron chi connectivity index (χ1n) is 5.78. The van der Waals surface area contributed by atoms with Gasteiger partial charge in [0, 0.05) is 21.7 Å². The van der Waals surface area contributed by atoms with Crippen molar-refractivity contribution in [2.24, 2.45) is 5.10 Å². The van der Waals surface area contributed by atoms with Crippen LogP contribution in [0.25, 0.3) is 0 Å². The number of hydrogen-bond donors (Lipinski definition) is 3. The molecule has 3 N–H and O–H groups in total. The van der Waals surface area contributed by atoms with Crippen molar-refractivity contribution in [3.63, 3.8) is 0 Å². The highest BCUT2D eigenvalue weighted by molar-refractivity contribution is 9.10. The fourth-order valence-electron chi connectivity index (χ4n) is 1.52. The Kier molecular flexibility index (Phi) is 4.98. The van der Waals surface area contributed by atoms with Crippen molar-refractivity contribution in [3.8, 4) is 11.5 Å². The van der Waals surface area contributed by atoms with E-state index in [-0.39, 0.29) is 17.4 Å². The van der Waals surface area contributed by atoms with E-state index in [9.17, 15) is 15.0 Å². The number of hydrogen-bond acceptors (Lipinski definition) is 4. The second-order valence-electron chi connectivity index (χ2n) is 4.07. The lowest BCUT2D eigenvalue weighted by atomic mass is 10.2. The van der Waals surface area contributed by atoms with Crippen LogP contribution in [0.5, 0.6) is 11.5 Å². The van der Waals surface area contributed by atoms with E-state index >= 15 is 0 Å². The summed E-state index contributed by atoms with van der Waals surface area (Å²) in [4.78, 5) is 11.8. The normalized spacial score (nSPS) is 10.8. The summed E-state index contributed by atoms with van der Waals surface area (Å²) in [6.45, 7) is 0. The second-order valence-corrected chi connectivity index (χ2v) is 5.84. The predicted octanol–water partition coefficient (Wildman–Crippen LogP) is 3.39. The third kappa shape index (κ3) is 4.05. The molecular weight excluding hydrogens is 404 g/mol. The first-order chi connectivity index (χ1) is 9.97. The van der Waals surface area contributed by atoms with Crippen molar-refractivity contribution in [3.05, 3.63) is 56.5 Å². The molecule has 0 aliphatic carbocycles. The number of halogens is 2. The molecule has 0 fully saturated rings. The van der Waals surface area contributed by atoms with Crippen LogP contribution in [0.3, 0.4) is 0 Å². The molecule has 0 heterocycles. The molecular formula is C14H10Br2N2O3. The smallest absolute Gasteiger partial charge is 0.271 e. The molecule has 0 atom stereocenters. The number of amides is 1. The molecule has 108 valence electrons. The van der Waals surface area contributed by atoms with E-state index < -0.39 is 0 Å². The Labute approximate surface area is 137 Å². The van der Waals surface area contributed by atoms with E-state index in [0.29, 0.717) is 15.6 Å². The lowest BCUT2D eigenvalue weighted by molar-refractivity contribution is 0.0955. The van der Waals surface area contributed by atoms with E-state index in [1.165, 1.54) is 18.3 Å². The zero-order chi connectivity index (χ0) is 15.4. The molecule has 5 nitrogen and oxygen atoms in total. The number of phenols is 2. The summed E-state index contributed by atoms with van der Waals surface area (Å²) < 4.78 is 1.21. The Balaban J connectivity index is 2.09. The lowest BCUT2D eigenvalue weighted by Crippen LogP contribution is -2.17. The molecule has 2 aromatic carbocycles. The van der Waals surface area contributed by atoms with Crippen LogP contribution in [0.15, 0.2) is 50.4 Å². The number of rotatable bonds is 3. The summed E-state index contributed by atoms with van der Waals surface area (Å²) in [6.07, 6.45) is 1.29. The van der Waals surface area contributed by atoms with E-state index in [1.54, 1.807) is 18.2 Å². The van der Waals surface area contributed by atoms with Gasteiger partial charge in [0.1, 0.15) is 11.5 Å². The van der Waals surface area contributed by atoms with Crippen molar-refractivity contribution in [1.29, 1.82) is 0 Å². The molecule has 0 spiro atoms. The lowest BCUT2D eigenvalue weighted by Gasteiger charge is -2.03. The minimum absolute atomic E-state index is 0.0807. The quantitative estimate of drug-likeness (QED) is 0.532. The minimum Gasteiger partial charge on any atom is -0.507 e. The van der Waals surface area contributed by atoms with Gasteiger partial charge in [-0.25, -0.2) is 5.43 Å². The predicted molar refractivity (Wildman–Crippen MR) is 86.7 cm³/mol. The standard InChI is InChI=1S/C14H10Br2N2O3/c15-10-3-1-2-8(4-10)14(21)18-17-7-9-5-11(16)13(20)6-12(9)19/h1-7,19-20H,(H,18,21)/b17-7-. The molecule has 0 radical (unpaired) electrons. The molecule has 21 heavy (non-hydrogen) atoms. The molecule has 0 saturated carbocycles. The van der Waals surface area contributed by atoms with Crippen molar-refractivity contribution in [2.75, 3.05) is 0 Å². The van der Waals surface area contributed by atoms with Crippen LogP contribution in [0.4, 0.5) is 0 Å². The summed E-state index contributed by atoms with van der Waals surface area (Å²) >= 11 is 6.41. The largest absolute Gasteiger partial charge is 0.507 e. The van der Waals surface area contributed by atoms with Crippen LogP contribution in [0.1, 0.15) is 15.9 Å². The van der Waals surface area contributed by atoms with Gasteiger partial charge in [-0.15, -0.1) is 0 Å². The molecule has 1 amide bonds. The number of benzene rings is 2. The topological polar surface area (TPSA) is 81.9 Å². The Morgan fingerprint density at radius 2 is 1.90 bits per heavy atom. The zero-order valence-electron chi connectivity index (χ0n) is 10.5. The van der Waals surface area contributed by atoms with Crippen LogP contribution in [-0.2, 0) is 0 Å². The number of carbonyl (C=O) groups excluding carboxylic acids is 1. The first kappa shape index (κ1) is 15.5. The fraction of sp³-hybridized carbons (Fsp3) is 0. The van der Waals surface area contributed by atoms with E-state index in [1.807, 2.05) is 6.07 Å². The Hall–Kier alpha value is -1.86. The van der Waals surface area contributed by atoms with Crippen molar-refractivity contribution < 1.29 is 15.0 Å². The summed E-state index contributed by atoms with van der Waals surface area (Å²) in [5.41, 5.74) is 3.17. The highest BCUT2D eigenvalue weighted by Crippen LogP contribution is 2.30. The molecule has 0 unspecified atom stereocenters. The molecule has 2 aromatic rings. The minimum atomic E-state index is -0.370. The van der Waals surface area contributed by atoms with Gasteiger partial charge in [0.2, 0.25) is 0 Å². The second kappa shape index (κ2) is 6.73. The first-order valence-corrected chi connectivity index (χ1v) is 7.36. The van der Waals surface area contributed by atoms with Gasteiger partial charge in [0.25, 0.3) is 5.91 Å². The zero-order valence-corrected chi connectivity index (χ0v) is 13.7. The molecule has 0 saturated heterocycles. The number of nitrogens with zero attached hydrogens (tertiary/aromatic N) is 1. The van der Waals surface area contributed by atoms with Crippen molar-refractivity contribution in [1.82, 2.24) is 5.43 Å². The van der Waals surface area contributed by atoms with Gasteiger partial charge in [-0.05, 0) is 40.2 Å². The SMILES string of the molecule is O=C(N/N=C\c1cc(Br)c(O)cc1O)c1cccc(Br)c1. The summed E-state index contributed by atoms with van der Waals surface area (Å²) in [6, 6.07) is 9.54. The maximum Gasteiger partial charge on any atom is 0.271 e. The molecule has 0 aliphatic rings. The van der Waals surface area contributed by atoms with Crippen molar-refractivity contribution >= 4 is 44.0 Å². The van der Waals surface area contributed by atoms with Crippen LogP contribution in [0, 0.1) is 0 Å². The van der Waals surface area contributed by atoms with E-state index in [4.69, 9.17) is 0 Å². The highest BCUT2D eigenvalue weighted by atomic mass is 79.9. The van der Waals surface area contributed by atoms with E-state index in [2.05, 4.69) is 42.4 Å². The van der Waals surface area contributed by atoms with Gasteiger partial charge in [0.05, 0.1) is 10.7 Å². The Morgan fingerprint density at radius 1 is 1.14 bits per heavy atom. The fourth-order valence-corrected chi connectivity index (χ4v) is 2.28. The molecule has 0 aliphatic heterocycles. The van der Waals surface area contributed by atoms with Gasteiger partial charge >= 0.3 is 0 Å². The summed E-state index contributed by atoms with van der Waals surface area (Å²) in [7, 11) is 0. The van der Waals surface area contributed by atoms with Gasteiger partial charge in [-0.2, -0.15) is 5.10 Å². The average molecular weight is 414 g/mol. The number of aromatic hydroxyl groups is 2. The molecule has 0 bridgehead atoms. The third-order valence-electron chi connectivity index (χ3n) is 2.55. The highest BCUT2D eigenvalue weighted by Gasteiger charge is 2.06. The van der Waals surface area contributed by atoms with Gasteiger partial charge in [-0.3, -0.25) is 4.79 Å². The maximum absolute atomic E-state index is 11.8. The van der Waals surface area contributed by atoms with Gasteiger partial charge < -0.3 is 10.2 Å². The maximum atomic E-state index is 11.8. The average Bonchev–Trinajstić information content (AvgIpc) is 2.44. The van der Waals surface area contributed by atoms with Gasteiger partial charge in [0.15, 0.2) is 0 Å². The number of nitrogens with one attached hydrogen (secondary N) is 1. The Morgan fingerprint density at radius 3 is 2.62 bits per heavy atom. The summed E-state index contributed by atoms with van der Waals surface area (Å²) in [5, 5.41) is 22.8. The molecule has 0 aromatic heterocycles.